The first-order valence-electron chi connectivity index (χ1n) is 7.11. The van der Waals surface area contributed by atoms with Crippen molar-refractivity contribution in [1.82, 2.24) is 4.72 Å². The van der Waals surface area contributed by atoms with Crippen LogP contribution in [0.2, 0.25) is 0 Å². The molecule has 0 radical (unpaired) electrons. The van der Waals surface area contributed by atoms with Crippen LogP contribution in [0.15, 0.2) is 17.0 Å². The molecule has 0 bridgehead atoms. The van der Waals surface area contributed by atoms with Crippen LogP contribution in [-0.2, 0) is 14.8 Å². The Kier molecular flexibility index (Phi) is 5.42. The second-order valence-corrected chi connectivity index (χ2v) is 8.48. The monoisotopic (exact) mass is 345 g/mol. The lowest BCUT2D eigenvalue weighted by Gasteiger charge is -2.26. The Hall–Kier alpha value is -0.760. The molecule has 1 aromatic carbocycles. The summed E-state index contributed by atoms with van der Waals surface area (Å²) in [6.45, 7) is 3.98. The number of thioether (sulfide) groups is 1. The lowest BCUT2D eigenvalue weighted by atomic mass is 10.0. The number of aryl methyl sites for hydroxylation is 2. The van der Waals surface area contributed by atoms with Crippen LogP contribution in [-0.4, -0.2) is 46.3 Å². The number of hydrogen-bond acceptors (Lipinski definition) is 5. The predicted octanol–water partition coefficient (Wildman–Crippen LogP) is 2.11. The Morgan fingerprint density at radius 2 is 1.91 bits per heavy atom. The maximum atomic E-state index is 12.5. The van der Waals surface area contributed by atoms with Gasteiger partial charge in [0.25, 0.3) is 0 Å². The van der Waals surface area contributed by atoms with Crippen LogP contribution in [0.3, 0.4) is 0 Å². The van der Waals surface area contributed by atoms with Crippen molar-refractivity contribution in [2.45, 2.75) is 30.8 Å². The summed E-state index contributed by atoms with van der Waals surface area (Å²) >= 11 is 1.79. The number of rotatable bonds is 6. The zero-order valence-electron chi connectivity index (χ0n) is 13.4. The average molecular weight is 345 g/mol. The van der Waals surface area contributed by atoms with E-state index in [0.29, 0.717) is 6.54 Å². The summed E-state index contributed by atoms with van der Waals surface area (Å²) in [6.07, 6.45) is 0.858. The predicted molar refractivity (Wildman–Crippen MR) is 89.3 cm³/mol. The molecule has 1 unspecified atom stereocenters. The van der Waals surface area contributed by atoms with Crippen LogP contribution in [0, 0.1) is 13.8 Å². The van der Waals surface area contributed by atoms with Gasteiger partial charge in [0.15, 0.2) is 0 Å². The van der Waals surface area contributed by atoms with Crippen molar-refractivity contribution in [3.63, 3.8) is 0 Å². The second kappa shape index (κ2) is 6.78. The molecule has 7 heteroatoms. The zero-order chi connectivity index (χ0) is 16.4. The van der Waals surface area contributed by atoms with Crippen LogP contribution in [0.5, 0.6) is 5.75 Å². The fourth-order valence-corrected chi connectivity index (χ4v) is 5.34. The zero-order valence-corrected chi connectivity index (χ0v) is 15.1. The Morgan fingerprint density at radius 1 is 1.27 bits per heavy atom. The van der Waals surface area contributed by atoms with Gasteiger partial charge in [-0.15, -0.1) is 0 Å². The van der Waals surface area contributed by atoms with E-state index in [2.05, 4.69) is 4.72 Å². The van der Waals surface area contributed by atoms with Crippen LogP contribution in [0.25, 0.3) is 0 Å². The third kappa shape index (κ3) is 3.59. The first-order chi connectivity index (χ1) is 10.3. The number of ether oxygens (including phenoxy) is 2. The Bertz CT molecular complexity index is 614. The third-order valence-corrected chi connectivity index (χ3v) is 6.64. The highest BCUT2D eigenvalue weighted by Crippen LogP contribution is 2.31. The van der Waals surface area contributed by atoms with Gasteiger partial charge in [-0.05, 0) is 49.3 Å². The van der Waals surface area contributed by atoms with Crippen molar-refractivity contribution >= 4 is 21.8 Å². The fourth-order valence-electron chi connectivity index (χ4n) is 2.66. The first kappa shape index (κ1) is 17.6. The van der Waals surface area contributed by atoms with Gasteiger partial charge in [0.2, 0.25) is 10.0 Å². The summed E-state index contributed by atoms with van der Waals surface area (Å²) in [5.41, 5.74) is 1.22. The molecule has 0 aromatic heterocycles. The van der Waals surface area contributed by atoms with Crippen LogP contribution in [0.1, 0.15) is 17.5 Å². The summed E-state index contributed by atoms with van der Waals surface area (Å²) in [5.74, 6) is 2.53. The summed E-state index contributed by atoms with van der Waals surface area (Å²) in [4.78, 5) is 0.264. The molecular weight excluding hydrogens is 322 g/mol. The minimum Gasteiger partial charge on any atom is -0.496 e. The second-order valence-electron chi connectivity index (χ2n) is 5.60. The molecule has 0 saturated carbocycles. The highest BCUT2D eigenvalue weighted by molar-refractivity contribution is 7.99. The number of benzene rings is 1. The summed E-state index contributed by atoms with van der Waals surface area (Å²) in [6, 6.07) is 3.27. The van der Waals surface area contributed by atoms with E-state index in [1.54, 1.807) is 38.1 Å². The van der Waals surface area contributed by atoms with E-state index in [0.717, 1.165) is 34.8 Å². The SMILES string of the molecule is COc1c(C)cc(S(=O)(=O)NCC2(OC)CCSC2)cc1C. The van der Waals surface area contributed by atoms with Crippen LogP contribution in [0.4, 0.5) is 0 Å². The molecule has 22 heavy (non-hydrogen) atoms. The van der Waals surface area contributed by atoms with Gasteiger partial charge < -0.3 is 9.47 Å². The maximum absolute atomic E-state index is 12.5. The van der Waals surface area contributed by atoms with E-state index in [1.165, 1.54) is 0 Å². The minimum absolute atomic E-state index is 0.264. The highest BCUT2D eigenvalue weighted by atomic mass is 32.2. The summed E-state index contributed by atoms with van der Waals surface area (Å²) < 4.78 is 38.6. The maximum Gasteiger partial charge on any atom is 0.240 e. The minimum atomic E-state index is -3.56. The largest absolute Gasteiger partial charge is 0.496 e. The van der Waals surface area contributed by atoms with E-state index in [4.69, 9.17) is 9.47 Å². The quantitative estimate of drug-likeness (QED) is 0.855. The molecule has 0 spiro atoms. The van der Waals surface area contributed by atoms with Crippen molar-refractivity contribution in [3.8, 4) is 5.75 Å². The molecule has 0 amide bonds. The topological polar surface area (TPSA) is 64.6 Å². The van der Waals surface area contributed by atoms with E-state index in [1.807, 2.05) is 13.8 Å². The molecule has 1 aromatic rings. The molecule has 1 heterocycles. The van der Waals surface area contributed by atoms with Gasteiger partial charge in [-0.1, -0.05) is 0 Å². The number of methoxy groups -OCH3 is 2. The number of sulfonamides is 1. The molecule has 5 nitrogen and oxygen atoms in total. The van der Waals surface area contributed by atoms with Gasteiger partial charge in [-0.25, -0.2) is 13.1 Å². The van der Waals surface area contributed by atoms with Gasteiger partial charge in [0.1, 0.15) is 5.75 Å². The lowest BCUT2D eigenvalue weighted by Crippen LogP contribution is -2.44. The van der Waals surface area contributed by atoms with Crippen LogP contribution < -0.4 is 9.46 Å². The molecule has 1 aliphatic heterocycles. The molecule has 1 saturated heterocycles. The van der Waals surface area contributed by atoms with Crippen molar-refractivity contribution in [2.24, 2.45) is 0 Å². The van der Waals surface area contributed by atoms with Gasteiger partial charge in [0, 0.05) is 19.4 Å². The van der Waals surface area contributed by atoms with Gasteiger partial charge in [-0.3, -0.25) is 0 Å². The van der Waals surface area contributed by atoms with Crippen molar-refractivity contribution in [1.29, 1.82) is 0 Å². The van der Waals surface area contributed by atoms with E-state index < -0.39 is 15.6 Å². The highest BCUT2D eigenvalue weighted by Gasteiger charge is 2.35. The molecule has 2 rings (SSSR count). The molecular formula is C15H23NO4S2. The first-order valence-corrected chi connectivity index (χ1v) is 9.75. The van der Waals surface area contributed by atoms with Gasteiger partial charge in [0.05, 0.1) is 17.6 Å². The number of nitrogens with one attached hydrogen (secondary N) is 1. The lowest BCUT2D eigenvalue weighted by molar-refractivity contribution is 0.0179. The number of hydrogen-bond donors (Lipinski definition) is 1. The van der Waals surface area contributed by atoms with Crippen LogP contribution >= 0.6 is 11.8 Å². The fraction of sp³-hybridized carbons (Fsp3) is 0.600. The Labute approximate surface area is 136 Å². The van der Waals surface area contributed by atoms with E-state index in [-0.39, 0.29) is 4.90 Å². The van der Waals surface area contributed by atoms with Crippen molar-refractivity contribution in [3.05, 3.63) is 23.3 Å². The van der Waals surface area contributed by atoms with E-state index >= 15 is 0 Å². The molecule has 1 fully saturated rings. The van der Waals surface area contributed by atoms with Gasteiger partial charge in [-0.2, -0.15) is 11.8 Å². The van der Waals surface area contributed by atoms with Crippen molar-refractivity contribution < 1.29 is 17.9 Å². The standard InChI is InChI=1S/C15H23NO4S2/c1-11-7-13(8-12(2)14(11)19-3)22(17,18)16-9-15(20-4)5-6-21-10-15/h7-8,16H,5-6,9-10H2,1-4H3. The van der Waals surface area contributed by atoms with Gasteiger partial charge >= 0.3 is 0 Å². The van der Waals surface area contributed by atoms with Crippen molar-refractivity contribution in [2.75, 3.05) is 32.3 Å². The third-order valence-electron chi connectivity index (χ3n) is 4.03. The van der Waals surface area contributed by atoms with E-state index in [9.17, 15) is 8.42 Å². The smallest absolute Gasteiger partial charge is 0.240 e. The average Bonchev–Trinajstić information content (AvgIpc) is 2.94. The molecule has 1 aliphatic rings. The molecule has 124 valence electrons. The summed E-state index contributed by atoms with van der Waals surface area (Å²) in [7, 11) is -0.335. The summed E-state index contributed by atoms with van der Waals surface area (Å²) in [5, 5.41) is 0. The Balaban J connectivity index is 2.20. The Morgan fingerprint density at radius 3 is 2.36 bits per heavy atom. The molecule has 1 N–H and O–H groups in total. The molecule has 0 aliphatic carbocycles. The molecule has 1 atom stereocenters. The normalized spacial score (nSPS) is 22.0.